The van der Waals surface area contributed by atoms with Crippen molar-refractivity contribution in [3.05, 3.63) is 39.5 Å². The van der Waals surface area contributed by atoms with Gasteiger partial charge >= 0.3 is 0 Å². The number of aliphatic hydroxyl groups is 2. The molecule has 1 aromatic carbocycles. The van der Waals surface area contributed by atoms with E-state index in [0.29, 0.717) is 23.8 Å². The van der Waals surface area contributed by atoms with Gasteiger partial charge < -0.3 is 25.2 Å². The average molecular weight is 584 g/mol. The molecule has 3 unspecified atom stereocenters. The third kappa shape index (κ3) is 6.95. The summed E-state index contributed by atoms with van der Waals surface area (Å²) in [6, 6.07) is 6.96. The molecule has 8 heteroatoms. The standard InChI is InChI=1S/C26H37IN2O5/c1-17(2)11-13-29(26(33)18-7-3-4-8-18)21-15-19(25(32)28-12-14-30)16-23(24(21)31)34-22-10-6-5-9-20(22)27/h5-6,9-10,16-18,21,23-24,30-31H,3-4,7-8,11-15H2,1-2H3,(H,28,32). The molecule has 0 spiro atoms. The van der Waals surface area contributed by atoms with Crippen molar-refractivity contribution in [2.24, 2.45) is 11.8 Å². The van der Waals surface area contributed by atoms with E-state index in [4.69, 9.17) is 9.84 Å². The van der Waals surface area contributed by atoms with Crippen molar-refractivity contribution in [3.8, 4) is 5.75 Å². The van der Waals surface area contributed by atoms with Crippen molar-refractivity contribution in [2.45, 2.75) is 70.6 Å². The fourth-order valence-corrected chi connectivity index (χ4v) is 5.23. The molecule has 1 aromatic rings. The topological polar surface area (TPSA) is 99.1 Å². The molecule has 34 heavy (non-hydrogen) atoms. The summed E-state index contributed by atoms with van der Waals surface area (Å²) in [5, 5.41) is 23.3. The van der Waals surface area contributed by atoms with Gasteiger partial charge in [-0.15, -0.1) is 0 Å². The number of aliphatic hydroxyl groups excluding tert-OH is 2. The number of amides is 2. The van der Waals surface area contributed by atoms with Gasteiger partial charge in [0.05, 0.1) is 16.2 Å². The molecule has 3 atom stereocenters. The molecular formula is C26H37IN2O5. The molecule has 2 aliphatic carbocycles. The van der Waals surface area contributed by atoms with Crippen molar-refractivity contribution in [2.75, 3.05) is 19.7 Å². The molecule has 7 nitrogen and oxygen atoms in total. The van der Waals surface area contributed by atoms with Crippen LogP contribution in [0, 0.1) is 15.4 Å². The van der Waals surface area contributed by atoms with Crippen LogP contribution in [0.15, 0.2) is 35.9 Å². The van der Waals surface area contributed by atoms with Crippen molar-refractivity contribution in [1.29, 1.82) is 0 Å². The average Bonchev–Trinajstić information content (AvgIpc) is 3.35. The number of benzene rings is 1. The van der Waals surface area contributed by atoms with Crippen molar-refractivity contribution < 1.29 is 24.5 Å². The van der Waals surface area contributed by atoms with Crippen molar-refractivity contribution in [1.82, 2.24) is 10.2 Å². The first-order valence-electron chi connectivity index (χ1n) is 12.3. The zero-order valence-corrected chi connectivity index (χ0v) is 22.2. The van der Waals surface area contributed by atoms with Crippen LogP contribution in [0.4, 0.5) is 0 Å². The number of hydrogen-bond acceptors (Lipinski definition) is 5. The van der Waals surface area contributed by atoms with Gasteiger partial charge in [0.1, 0.15) is 18.0 Å². The normalized spacial score (nSPS) is 23.0. The van der Waals surface area contributed by atoms with Gasteiger partial charge in [-0.25, -0.2) is 0 Å². The quantitative estimate of drug-likeness (QED) is 0.367. The Kier molecular flexibility index (Phi) is 10.2. The van der Waals surface area contributed by atoms with Crippen LogP contribution >= 0.6 is 22.6 Å². The lowest BCUT2D eigenvalue weighted by Gasteiger charge is -2.41. The molecule has 188 valence electrons. The molecule has 0 aliphatic heterocycles. The summed E-state index contributed by atoms with van der Waals surface area (Å²) >= 11 is 2.18. The molecule has 2 amide bonds. The number of para-hydroxylation sites is 1. The second kappa shape index (κ2) is 12.9. The summed E-state index contributed by atoms with van der Waals surface area (Å²) in [6.45, 7) is 4.76. The van der Waals surface area contributed by atoms with Crippen LogP contribution in [0.2, 0.25) is 0 Å². The molecule has 2 aliphatic rings. The zero-order chi connectivity index (χ0) is 24.7. The van der Waals surface area contributed by atoms with Crippen LogP contribution in [0.5, 0.6) is 5.75 Å². The van der Waals surface area contributed by atoms with Gasteiger partial charge in [0.15, 0.2) is 0 Å². The highest BCUT2D eigenvalue weighted by Crippen LogP contribution is 2.33. The fraction of sp³-hybridized carbons (Fsp3) is 0.615. The highest BCUT2D eigenvalue weighted by molar-refractivity contribution is 14.1. The number of carbonyl (C=O) groups is 2. The first-order chi connectivity index (χ1) is 16.3. The largest absolute Gasteiger partial charge is 0.482 e. The lowest BCUT2D eigenvalue weighted by Crippen LogP contribution is -2.56. The minimum Gasteiger partial charge on any atom is -0.482 e. The second-order valence-corrected chi connectivity index (χ2v) is 10.8. The first kappa shape index (κ1) is 26.9. The van der Waals surface area contributed by atoms with Crippen molar-refractivity contribution >= 4 is 34.4 Å². The number of carbonyl (C=O) groups excluding carboxylic acids is 2. The van der Waals surface area contributed by atoms with Gasteiger partial charge in [-0.1, -0.05) is 38.8 Å². The minimum absolute atomic E-state index is 0.0219. The van der Waals surface area contributed by atoms with E-state index < -0.39 is 18.2 Å². The Balaban J connectivity index is 1.92. The first-order valence-corrected chi connectivity index (χ1v) is 13.4. The van der Waals surface area contributed by atoms with E-state index in [1.165, 1.54) is 0 Å². The molecular weight excluding hydrogens is 547 g/mol. The lowest BCUT2D eigenvalue weighted by atomic mass is 9.87. The molecule has 3 rings (SSSR count). The van der Waals surface area contributed by atoms with Gasteiger partial charge in [0, 0.05) is 31.0 Å². The predicted octanol–water partition coefficient (Wildman–Crippen LogP) is 3.27. The minimum atomic E-state index is -0.970. The molecule has 0 saturated heterocycles. The van der Waals surface area contributed by atoms with Crippen LogP contribution in [-0.4, -0.2) is 64.9 Å². The highest BCUT2D eigenvalue weighted by Gasteiger charge is 2.42. The monoisotopic (exact) mass is 584 g/mol. The molecule has 0 radical (unpaired) electrons. The van der Waals surface area contributed by atoms with Crippen LogP contribution in [0.25, 0.3) is 0 Å². The summed E-state index contributed by atoms with van der Waals surface area (Å²) in [7, 11) is 0. The molecule has 1 saturated carbocycles. The predicted molar refractivity (Wildman–Crippen MR) is 139 cm³/mol. The van der Waals surface area contributed by atoms with Gasteiger partial charge in [-0.2, -0.15) is 0 Å². The van der Waals surface area contributed by atoms with Crippen LogP contribution in [0.3, 0.4) is 0 Å². The maximum atomic E-state index is 13.6. The van der Waals surface area contributed by atoms with Gasteiger partial charge in [-0.05, 0) is 66.0 Å². The smallest absolute Gasteiger partial charge is 0.247 e. The molecule has 3 N–H and O–H groups in total. The number of rotatable bonds is 10. The van der Waals surface area contributed by atoms with Crippen molar-refractivity contribution in [3.63, 3.8) is 0 Å². The number of hydrogen-bond donors (Lipinski definition) is 3. The van der Waals surface area contributed by atoms with Crippen LogP contribution < -0.4 is 10.1 Å². The van der Waals surface area contributed by atoms with E-state index in [1.807, 2.05) is 29.2 Å². The summed E-state index contributed by atoms with van der Waals surface area (Å²) in [4.78, 5) is 28.3. The third-order valence-electron chi connectivity index (χ3n) is 6.65. The van der Waals surface area contributed by atoms with E-state index in [0.717, 1.165) is 35.7 Å². The zero-order valence-electron chi connectivity index (χ0n) is 20.1. The second-order valence-electron chi connectivity index (χ2n) is 9.64. The van der Waals surface area contributed by atoms with Crippen LogP contribution in [-0.2, 0) is 9.59 Å². The molecule has 1 fully saturated rings. The van der Waals surface area contributed by atoms with Crippen LogP contribution in [0.1, 0.15) is 52.4 Å². The maximum absolute atomic E-state index is 13.6. The van der Waals surface area contributed by atoms with Gasteiger partial charge in [0.2, 0.25) is 11.8 Å². The van der Waals surface area contributed by atoms with E-state index in [1.54, 1.807) is 6.08 Å². The Morgan fingerprint density at radius 3 is 2.59 bits per heavy atom. The molecule has 0 bridgehead atoms. The lowest BCUT2D eigenvalue weighted by molar-refractivity contribution is -0.143. The fourth-order valence-electron chi connectivity index (χ4n) is 4.71. The molecule has 0 aromatic heterocycles. The number of nitrogens with zero attached hydrogens (tertiary/aromatic N) is 1. The van der Waals surface area contributed by atoms with Gasteiger partial charge in [-0.3, -0.25) is 9.59 Å². The summed E-state index contributed by atoms with van der Waals surface area (Å²) in [5.41, 5.74) is 0.466. The summed E-state index contributed by atoms with van der Waals surface area (Å²) < 4.78 is 7.09. The maximum Gasteiger partial charge on any atom is 0.247 e. The Morgan fingerprint density at radius 1 is 1.24 bits per heavy atom. The number of halogens is 1. The number of ether oxygens (including phenoxy) is 1. The Labute approximate surface area is 216 Å². The Bertz CT molecular complexity index is 869. The Morgan fingerprint density at radius 2 is 1.94 bits per heavy atom. The summed E-state index contributed by atoms with van der Waals surface area (Å²) in [5.74, 6) is 0.772. The molecule has 0 heterocycles. The van der Waals surface area contributed by atoms with E-state index in [-0.39, 0.29) is 37.3 Å². The number of nitrogens with one attached hydrogen (secondary N) is 1. The Hall–Kier alpha value is -1.65. The van der Waals surface area contributed by atoms with E-state index in [2.05, 4.69) is 41.8 Å². The van der Waals surface area contributed by atoms with Gasteiger partial charge in [0.25, 0.3) is 0 Å². The van der Waals surface area contributed by atoms with E-state index >= 15 is 0 Å². The SMILES string of the molecule is CC(C)CCN(C(=O)C1CCCC1)C1CC(C(=O)NCCO)=CC(Oc2ccccc2I)C1O. The summed E-state index contributed by atoms with van der Waals surface area (Å²) in [6.07, 6.45) is 4.84. The third-order valence-corrected chi connectivity index (χ3v) is 7.54. The highest BCUT2D eigenvalue weighted by atomic mass is 127. The van der Waals surface area contributed by atoms with E-state index in [9.17, 15) is 14.7 Å².